The van der Waals surface area contributed by atoms with Crippen molar-refractivity contribution in [2.45, 2.75) is 19.3 Å². The lowest BCUT2D eigenvalue weighted by Gasteiger charge is -2.22. The summed E-state index contributed by atoms with van der Waals surface area (Å²) in [5.41, 5.74) is 7.55. The summed E-state index contributed by atoms with van der Waals surface area (Å²) in [6, 6.07) is 8.01. The topological polar surface area (TPSA) is 90.5 Å². The van der Waals surface area contributed by atoms with Gasteiger partial charge in [-0.15, -0.1) is 11.3 Å². The molecule has 4 aromatic rings. The highest BCUT2D eigenvalue weighted by Gasteiger charge is 2.27. The van der Waals surface area contributed by atoms with Crippen molar-refractivity contribution >= 4 is 27.4 Å². The molecule has 0 spiro atoms. The van der Waals surface area contributed by atoms with Crippen molar-refractivity contribution in [3.8, 4) is 11.5 Å². The Morgan fingerprint density at radius 3 is 2.64 bits per heavy atom. The smallest absolute Gasteiger partial charge is 0.183 e. The fraction of sp³-hybridized carbons (Fsp3) is 0.167. The zero-order chi connectivity index (χ0) is 17.4. The maximum atomic E-state index is 6.18. The number of nitrogens with zero attached hydrogens (tertiary/aromatic N) is 5. The molecule has 0 fully saturated rings. The van der Waals surface area contributed by atoms with Crippen molar-refractivity contribution in [1.82, 2.24) is 24.9 Å². The van der Waals surface area contributed by atoms with E-state index >= 15 is 0 Å². The minimum absolute atomic E-state index is 0.244. The van der Waals surface area contributed by atoms with Gasteiger partial charge in [0.1, 0.15) is 16.3 Å². The van der Waals surface area contributed by atoms with Gasteiger partial charge in [0.15, 0.2) is 5.82 Å². The van der Waals surface area contributed by atoms with E-state index < -0.39 is 0 Å². The molecule has 0 bridgehead atoms. The Bertz CT molecular complexity index is 1030. The quantitative estimate of drug-likeness (QED) is 0.610. The Kier molecular flexibility index (Phi) is 3.65. The number of nitrogens with two attached hydrogens (primary N) is 1. The summed E-state index contributed by atoms with van der Waals surface area (Å²) in [6.07, 6.45) is 6.67. The van der Waals surface area contributed by atoms with Crippen LogP contribution in [0.15, 0.2) is 49.1 Å². The Hall–Kier alpha value is -2.93. The third-order valence-electron chi connectivity index (χ3n) is 4.14. The summed E-state index contributed by atoms with van der Waals surface area (Å²) in [4.78, 5) is 23.8. The summed E-state index contributed by atoms with van der Waals surface area (Å²) in [6.45, 7) is 4.29. The lowest BCUT2D eigenvalue weighted by Crippen LogP contribution is -2.18. The molecule has 0 aliphatic carbocycles. The number of rotatable bonds is 3. The molecule has 0 saturated heterocycles. The van der Waals surface area contributed by atoms with Crippen LogP contribution in [0.25, 0.3) is 21.7 Å². The van der Waals surface area contributed by atoms with Crippen molar-refractivity contribution in [3.05, 3.63) is 59.6 Å². The van der Waals surface area contributed by atoms with Crippen LogP contribution in [0.5, 0.6) is 0 Å². The van der Waals surface area contributed by atoms with Gasteiger partial charge >= 0.3 is 0 Å². The number of thiophene rings is 1. The third kappa shape index (κ3) is 2.72. The monoisotopic (exact) mass is 348 g/mol. The van der Waals surface area contributed by atoms with E-state index in [2.05, 4.69) is 44.8 Å². The molecule has 4 heterocycles. The van der Waals surface area contributed by atoms with Crippen molar-refractivity contribution < 1.29 is 0 Å². The molecule has 4 aromatic heterocycles. The van der Waals surface area contributed by atoms with Crippen molar-refractivity contribution in [1.29, 1.82) is 0 Å². The minimum atomic E-state index is -0.244. The van der Waals surface area contributed by atoms with Crippen LogP contribution in [0, 0.1) is 0 Å². The fourth-order valence-electron chi connectivity index (χ4n) is 2.64. The molecule has 0 radical (unpaired) electrons. The summed E-state index contributed by atoms with van der Waals surface area (Å²) in [7, 11) is 0. The Morgan fingerprint density at radius 2 is 1.92 bits per heavy atom. The first-order valence-electron chi connectivity index (χ1n) is 7.81. The van der Waals surface area contributed by atoms with Crippen LogP contribution in [-0.4, -0.2) is 24.9 Å². The van der Waals surface area contributed by atoms with Gasteiger partial charge in [-0.05, 0) is 32.0 Å². The molecule has 0 aliphatic heterocycles. The second-order valence-electron chi connectivity index (χ2n) is 6.19. The summed E-state index contributed by atoms with van der Waals surface area (Å²) < 4.78 is 0. The Balaban J connectivity index is 1.85. The summed E-state index contributed by atoms with van der Waals surface area (Å²) in [5.74, 6) is 0.937. The van der Waals surface area contributed by atoms with Crippen molar-refractivity contribution in [2.24, 2.45) is 0 Å². The predicted molar refractivity (Wildman–Crippen MR) is 99.2 cm³/mol. The van der Waals surface area contributed by atoms with E-state index in [1.54, 1.807) is 29.9 Å². The molecule has 0 aromatic carbocycles. The number of hydrogen-bond acceptors (Lipinski definition) is 7. The van der Waals surface area contributed by atoms with Gasteiger partial charge in [-0.25, -0.2) is 15.0 Å². The SMILES string of the molecule is CC(C)(c1ccccn1)c1cc2c(N)nc(-c3cnccn3)nc2s1. The van der Waals surface area contributed by atoms with Crippen LogP contribution in [0.4, 0.5) is 5.82 Å². The largest absolute Gasteiger partial charge is 0.383 e. The molecule has 25 heavy (non-hydrogen) atoms. The third-order valence-corrected chi connectivity index (χ3v) is 5.49. The highest BCUT2D eigenvalue weighted by Crippen LogP contribution is 2.39. The molecule has 124 valence electrons. The number of hydrogen-bond donors (Lipinski definition) is 1. The highest BCUT2D eigenvalue weighted by atomic mass is 32.1. The first-order valence-corrected chi connectivity index (χ1v) is 8.63. The van der Waals surface area contributed by atoms with E-state index in [-0.39, 0.29) is 5.41 Å². The average molecular weight is 348 g/mol. The van der Waals surface area contributed by atoms with Crippen LogP contribution in [-0.2, 0) is 5.41 Å². The Morgan fingerprint density at radius 1 is 1.04 bits per heavy atom. The van der Waals surface area contributed by atoms with Gasteiger partial charge in [-0.3, -0.25) is 9.97 Å². The summed E-state index contributed by atoms with van der Waals surface area (Å²) >= 11 is 1.60. The minimum Gasteiger partial charge on any atom is -0.383 e. The van der Waals surface area contributed by atoms with Crippen molar-refractivity contribution in [3.63, 3.8) is 0 Å². The number of pyridine rings is 1. The maximum absolute atomic E-state index is 6.18. The van der Waals surface area contributed by atoms with E-state index in [1.165, 1.54) is 0 Å². The van der Waals surface area contributed by atoms with Crippen LogP contribution in [0.1, 0.15) is 24.4 Å². The molecule has 0 aliphatic rings. The zero-order valence-electron chi connectivity index (χ0n) is 13.8. The van der Waals surface area contributed by atoms with Crippen LogP contribution in [0.2, 0.25) is 0 Å². The normalized spacial score (nSPS) is 11.8. The van der Waals surface area contributed by atoms with Crippen molar-refractivity contribution in [2.75, 3.05) is 5.73 Å². The molecular formula is C18H16N6S. The van der Waals surface area contributed by atoms with E-state index in [1.807, 2.05) is 24.4 Å². The molecule has 0 atom stereocenters. The standard InChI is InChI=1S/C18H16N6S/c1-18(2,13-5-3-4-6-22-13)14-9-11-15(19)23-16(24-17(11)25-14)12-10-20-7-8-21-12/h3-10H,1-2H3,(H2,19,23,24). The second-order valence-corrected chi connectivity index (χ2v) is 7.22. The molecule has 4 rings (SSSR count). The van der Waals surface area contributed by atoms with Gasteiger partial charge < -0.3 is 5.73 Å². The molecule has 0 saturated carbocycles. The van der Waals surface area contributed by atoms with Crippen LogP contribution < -0.4 is 5.73 Å². The van der Waals surface area contributed by atoms with Gasteiger partial charge in [0, 0.05) is 28.9 Å². The van der Waals surface area contributed by atoms with Gasteiger partial charge in [-0.2, -0.15) is 0 Å². The predicted octanol–water partition coefficient (Wildman–Crippen LogP) is 3.45. The lowest BCUT2D eigenvalue weighted by atomic mass is 9.87. The molecule has 6 nitrogen and oxygen atoms in total. The van der Waals surface area contributed by atoms with E-state index in [4.69, 9.17) is 5.73 Å². The van der Waals surface area contributed by atoms with E-state index in [9.17, 15) is 0 Å². The first kappa shape index (κ1) is 15.6. The summed E-state index contributed by atoms with van der Waals surface area (Å²) in [5, 5.41) is 0.858. The van der Waals surface area contributed by atoms with Gasteiger partial charge in [0.25, 0.3) is 0 Å². The van der Waals surface area contributed by atoms with E-state index in [0.717, 1.165) is 20.8 Å². The van der Waals surface area contributed by atoms with Gasteiger partial charge in [0.05, 0.1) is 17.3 Å². The van der Waals surface area contributed by atoms with E-state index in [0.29, 0.717) is 17.3 Å². The maximum Gasteiger partial charge on any atom is 0.183 e. The average Bonchev–Trinajstić information content (AvgIpc) is 3.09. The molecule has 0 unspecified atom stereocenters. The number of fused-ring (bicyclic) bond motifs is 1. The Labute approximate surface area is 148 Å². The fourth-order valence-corrected chi connectivity index (χ4v) is 3.79. The zero-order valence-corrected chi connectivity index (χ0v) is 14.7. The van der Waals surface area contributed by atoms with Crippen LogP contribution >= 0.6 is 11.3 Å². The number of anilines is 1. The molecule has 0 amide bonds. The van der Waals surface area contributed by atoms with Gasteiger partial charge in [-0.1, -0.05) is 6.07 Å². The molecule has 2 N–H and O–H groups in total. The first-order chi connectivity index (χ1) is 12.1. The second kappa shape index (κ2) is 5.86. The molecular weight excluding hydrogens is 332 g/mol. The molecule has 7 heteroatoms. The lowest BCUT2D eigenvalue weighted by molar-refractivity contribution is 0.631. The van der Waals surface area contributed by atoms with Crippen LogP contribution in [0.3, 0.4) is 0 Å². The number of aromatic nitrogens is 5. The highest BCUT2D eigenvalue weighted by molar-refractivity contribution is 7.18. The van der Waals surface area contributed by atoms with Gasteiger partial charge in [0.2, 0.25) is 0 Å². The number of nitrogen functional groups attached to an aromatic ring is 1.